The first kappa shape index (κ1) is 12.5. The molecule has 0 heterocycles. The molecule has 0 saturated heterocycles. The van der Waals surface area contributed by atoms with E-state index in [2.05, 4.69) is 12.1 Å². The van der Waals surface area contributed by atoms with E-state index >= 15 is 0 Å². The van der Waals surface area contributed by atoms with Gasteiger partial charge in [0.05, 0.1) is 14.2 Å². The summed E-state index contributed by atoms with van der Waals surface area (Å²) in [5.41, 5.74) is 8.91. The SMILES string of the molecule is COc1cc(-c2ccccc2)cc(CN)c1OC. The van der Waals surface area contributed by atoms with Crippen molar-refractivity contribution in [3.05, 3.63) is 48.0 Å². The van der Waals surface area contributed by atoms with Gasteiger partial charge >= 0.3 is 0 Å². The second kappa shape index (κ2) is 5.56. The van der Waals surface area contributed by atoms with E-state index in [0.717, 1.165) is 16.7 Å². The first-order valence-electron chi connectivity index (χ1n) is 5.80. The van der Waals surface area contributed by atoms with Crippen LogP contribution in [0, 0.1) is 0 Å². The van der Waals surface area contributed by atoms with Gasteiger partial charge in [0.1, 0.15) is 0 Å². The van der Waals surface area contributed by atoms with Gasteiger partial charge in [-0.2, -0.15) is 0 Å². The molecule has 3 nitrogen and oxygen atoms in total. The third-order valence-corrected chi connectivity index (χ3v) is 2.88. The molecule has 0 aliphatic rings. The molecule has 3 heteroatoms. The number of nitrogens with two attached hydrogens (primary N) is 1. The topological polar surface area (TPSA) is 44.5 Å². The fraction of sp³-hybridized carbons (Fsp3) is 0.200. The molecule has 2 N–H and O–H groups in total. The number of ether oxygens (including phenoxy) is 2. The Balaban J connectivity index is 2.57. The maximum atomic E-state index is 5.76. The van der Waals surface area contributed by atoms with E-state index in [0.29, 0.717) is 18.0 Å². The number of hydrogen-bond acceptors (Lipinski definition) is 3. The van der Waals surface area contributed by atoms with Crippen molar-refractivity contribution in [2.75, 3.05) is 14.2 Å². The molecule has 18 heavy (non-hydrogen) atoms. The molecule has 0 radical (unpaired) electrons. The standard InChI is InChI=1S/C15H17NO2/c1-17-14-9-12(11-6-4-3-5-7-11)8-13(10-16)15(14)18-2/h3-9H,10,16H2,1-2H3. The second-order valence-corrected chi connectivity index (χ2v) is 3.94. The lowest BCUT2D eigenvalue weighted by atomic mass is 10.0. The Kier molecular flexibility index (Phi) is 3.85. The minimum atomic E-state index is 0.417. The zero-order valence-electron chi connectivity index (χ0n) is 10.6. The van der Waals surface area contributed by atoms with Gasteiger partial charge in [-0.15, -0.1) is 0 Å². The van der Waals surface area contributed by atoms with E-state index < -0.39 is 0 Å². The van der Waals surface area contributed by atoms with Crippen molar-refractivity contribution in [3.8, 4) is 22.6 Å². The smallest absolute Gasteiger partial charge is 0.165 e. The van der Waals surface area contributed by atoms with Crippen LogP contribution in [0.1, 0.15) is 5.56 Å². The Morgan fingerprint density at radius 3 is 2.22 bits per heavy atom. The van der Waals surface area contributed by atoms with Crippen LogP contribution in [0.3, 0.4) is 0 Å². The Labute approximate surface area is 107 Å². The molecule has 0 amide bonds. The van der Waals surface area contributed by atoms with Gasteiger partial charge in [-0.25, -0.2) is 0 Å². The average Bonchev–Trinajstić information content (AvgIpc) is 2.46. The molecule has 2 rings (SSSR count). The maximum absolute atomic E-state index is 5.76. The summed E-state index contributed by atoms with van der Waals surface area (Å²) < 4.78 is 10.7. The summed E-state index contributed by atoms with van der Waals surface area (Å²) in [4.78, 5) is 0. The predicted octanol–water partition coefficient (Wildman–Crippen LogP) is 2.83. The second-order valence-electron chi connectivity index (χ2n) is 3.94. The molecule has 0 unspecified atom stereocenters. The van der Waals surface area contributed by atoms with Crippen LogP contribution in [-0.2, 0) is 6.54 Å². The van der Waals surface area contributed by atoms with E-state index in [1.807, 2.05) is 30.3 Å². The number of methoxy groups -OCH3 is 2. The first-order valence-corrected chi connectivity index (χ1v) is 5.80. The summed E-state index contributed by atoms with van der Waals surface area (Å²) in [6, 6.07) is 14.1. The van der Waals surface area contributed by atoms with Gasteiger partial charge in [-0.05, 0) is 23.3 Å². The van der Waals surface area contributed by atoms with Crippen LogP contribution in [0.2, 0.25) is 0 Å². The summed E-state index contributed by atoms with van der Waals surface area (Å²) in [5, 5.41) is 0. The molecular formula is C15H17NO2. The molecule has 0 bridgehead atoms. The Hall–Kier alpha value is -2.00. The normalized spacial score (nSPS) is 10.2. The molecular weight excluding hydrogens is 226 g/mol. The van der Waals surface area contributed by atoms with Crippen molar-refractivity contribution < 1.29 is 9.47 Å². The van der Waals surface area contributed by atoms with Crippen LogP contribution in [0.5, 0.6) is 11.5 Å². The van der Waals surface area contributed by atoms with E-state index in [1.165, 1.54) is 0 Å². The van der Waals surface area contributed by atoms with Crippen LogP contribution in [0.25, 0.3) is 11.1 Å². The Morgan fingerprint density at radius 2 is 1.67 bits per heavy atom. The van der Waals surface area contributed by atoms with Crippen molar-refractivity contribution in [2.24, 2.45) is 5.73 Å². The van der Waals surface area contributed by atoms with E-state index in [9.17, 15) is 0 Å². The van der Waals surface area contributed by atoms with Gasteiger partial charge < -0.3 is 15.2 Å². The minimum Gasteiger partial charge on any atom is -0.493 e. The zero-order chi connectivity index (χ0) is 13.0. The maximum Gasteiger partial charge on any atom is 0.165 e. The van der Waals surface area contributed by atoms with Gasteiger partial charge in [-0.1, -0.05) is 30.3 Å². The summed E-state index contributed by atoms with van der Waals surface area (Å²) in [6.45, 7) is 0.417. The molecule has 0 spiro atoms. The highest BCUT2D eigenvalue weighted by molar-refractivity contribution is 5.69. The largest absolute Gasteiger partial charge is 0.493 e. The van der Waals surface area contributed by atoms with Gasteiger partial charge in [-0.3, -0.25) is 0 Å². The number of hydrogen-bond donors (Lipinski definition) is 1. The van der Waals surface area contributed by atoms with Gasteiger partial charge in [0, 0.05) is 12.1 Å². The molecule has 0 saturated carbocycles. The number of rotatable bonds is 4. The van der Waals surface area contributed by atoms with E-state index in [4.69, 9.17) is 15.2 Å². The fourth-order valence-electron chi connectivity index (χ4n) is 1.99. The van der Waals surface area contributed by atoms with Crippen molar-refractivity contribution in [1.29, 1.82) is 0 Å². The molecule has 0 fully saturated rings. The lowest BCUT2D eigenvalue weighted by Gasteiger charge is -2.14. The summed E-state index contributed by atoms with van der Waals surface area (Å²) in [5.74, 6) is 1.42. The molecule has 0 aliphatic carbocycles. The monoisotopic (exact) mass is 243 g/mol. The molecule has 0 aromatic heterocycles. The summed E-state index contributed by atoms with van der Waals surface area (Å²) >= 11 is 0. The third-order valence-electron chi connectivity index (χ3n) is 2.88. The molecule has 2 aromatic rings. The van der Waals surface area contributed by atoms with Crippen LogP contribution in [-0.4, -0.2) is 14.2 Å². The van der Waals surface area contributed by atoms with Gasteiger partial charge in [0.2, 0.25) is 0 Å². The van der Waals surface area contributed by atoms with E-state index in [-0.39, 0.29) is 0 Å². The fourth-order valence-corrected chi connectivity index (χ4v) is 1.99. The molecule has 0 aliphatic heterocycles. The average molecular weight is 243 g/mol. The predicted molar refractivity (Wildman–Crippen MR) is 72.9 cm³/mol. The lowest BCUT2D eigenvalue weighted by molar-refractivity contribution is 0.352. The van der Waals surface area contributed by atoms with Gasteiger partial charge in [0.15, 0.2) is 11.5 Å². The van der Waals surface area contributed by atoms with Crippen molar-refractivity contribution >= 4 is 0 Å². The summed E-state index contributed by atoms with van der Waals surface area (Å²) in [7, 11) is 3.26. The minimum absolute atomic E-state index is 0.417. The van der Waals surface area contributed by atoms with Crippen molar-refractivity contribution in [1.82, 2.24) is 0 Å². The van der Waals surface area contributed by atoms with Crippen molar-refractivity contribution in [3.63, 3.8) is 0 Å². The lowest BCUT2D eigenvalue weighted by Crippen LogP contribution is -2.02. The first-order chi connectivity index (χ1) is 8.80. The quantitative estimate of drug-likeness (QED) is 0.898. The van der Waals surface area contributed by atoms with Crippen LogP contribution in [0.15, 0.2) is 42.5 Å². The van der Waals surface area contributed by atoms with E-state index in [1.54, 1.807) is 14.2 Å². The number of benzene rings is 2. The van der Waals surface area contributed by atoms with Crippen LogP contribution in [0.4, 0.5) is 0 Å². The highest BCUT2D eigenvalue weighted by Gasteiger charge is 2.12. The molecule has 0 atom stereocenters. The highest BCUT2D eigenvalue weighted by atomic mass is 16.5. The highest BCUT2D eigenvalue weighted by Crippen LogP contribution is 2.36. The Bertz CT molecular complexity index is 498. The summed E-state index contributed by atoms with van der Waals surface area (Å²) in [6.07, 6.45) is 0. The van der Waals surface area contributed by atoms with Crippen LogP contribution < -0.4 is 15.2 Å². The molecule has 2 aromatic carbocycles. The van der Waals surface area contributed by atoms with Crippen LogP contribution >= 0.6 is 0 Å². The van der Waals surface area contributed by atoms with Crippen molar-refractivity contribution in [2.45, 2.75) is 6.54 Å². The third kappa shape index (κ3) is 2.31. The van der Waals surface area contributed by atoms with Gasteiger partial charge in [0.25, 0.3) is 0 Å². The molecule has 94 valence electrons. The zero-order valence-corrected chi connectivity index (χ0v) is 10.6. The Morgan fingerprint density at radius 1 is 0.944 bits per heavy atom.